The van der Waals surface area contributed by atoms with E-state index in [9.17, 15) is 0 Å². The molecule has 0 aliphatic heterocycles. The Morgan fingerprint density at radius 3 is 1.92 bits per heavy atom. The highest BCUT2D eigenvalue weighted by Gasteiger charge is 2.18. The smallest absolute Gasteiger partial charge is 0.462 e. The van der Waals surface area contributed by atoms with E-state index < -0.39 is 14.5 Å². The molecule has 0 spiro atoms. The maximum Gasteiger partial charge on any atom is 0.462 e. The van der Waals surface area contributed by atoms with Crippen LogP contribution in [0.5, 0.6) is 0 Å². The topological polar surface area (TPSA) is 18.5 Å². The van der Waals surface area contributed by atoms with Crippen LogP contribution in [0.3, 0.4) is 0 Å². The highest BCUT2D eigenvalue weighted by molar-refractivity contribution is 6.51. The minimum atomic E-state index is -0.934. The molecule has 0 rings (SSSR count). The molecule has 0 amide bonds. The lowest BCUT2D eigenvalue weighted by atomic mass is 10.5. The summed E-state index contributed by atoms with van der Waals surface area (Å²) in [6.07, 6.45) is 0.255. The van der Waals surface area contributed by atoms with Crippen molar-refractivity contribution in [1.29, 1.82) is 0 Å². The van der Waals surface area contributed by atoms with Crippen molar-refractivity contribution in [2.24, 2.45) is 0 Å². The van der Waals surface area contributed by atoms with Gasteiger partial charge in [-0.25, -0.2) is 0 Å². The summed E-state index contributed by atoms with van der Waals surface area (Å²) in [5.41, 5.74) is 0. The van der Waals surface area contributed by atoms with E-state index in [4.69, 9.17) is 8.53 Å². The van der Waals surface area contributed by atoms with Gasteiger partial charge in [-0.1, -0.05) is 24.4 Å². The molecule has 0 fully saturated rings. The average Bonchev–Trinajstić information content (AvgIpc) is 1.98. The van der Waals surface area contributed by atoms with E-state index >= 15 is 0 Å². The van der Waals surface area contributed by atoms with Crippen LogP contribution in [0.4, 0.5) is 0 Å². The molecule has 72 valence electrons. The molecule has 0 aromatic heterocycles. The Balaban J connectivity index is 3.58. The van der Waals surface area contributed by atoms with Crippen molar-refractivity contribution in [1.82, 2.24) is 0 Å². The molecule has 0 aromatic rings. The van der Waals surface area contributed by atoms with Gasteiger partial charge in [-0.2, -0.15) is 0 Å². The van der Waals surface area contributed by atoms with Crippen LogP contribution in [-0.4, -0.2) is 26.9 Å². The molecule has 2 nitrogen and oxygen atoms in total. The first-order chi connectivity index (χ1) is 5.60. The molecule has 0 bridgehead atoms. The van der Waals surface area contributed by atoms with E-state index in [2.05, 4.69) is 13.8 Å². The third-order valence-electron chi connectivity index (χ3n) is 1.76. The van der Waals surface area contributed by atoms with Crippen LogP contribution in [-0.2, 0) is 8.53 Å². The molecule has 3 heteroatoms. The predicted molar refractivity (Wildman–Crippen MR) is 53.5 cm³/mol. The van der Waals surface area contributed by atoms with E-state index in [0.717, 1.165) is 0 Å². The van der Waals surface area contributed by atoms with Gasteiger partial charge in [0.05, 0.1) is 6.10 Å². The standard InChI is InChI=1S/C5H11O2.2C2H5.Al/c1-4(2)7-5(3)6;2*1-2;/h4-5H,1-3H3;2*1H2,2H3;/q-1;;;+1. The predicted octanol–water partition coefficient (Wildman–Crippen LogP) is 2.81. The van der Waals surface area contributed by atoms with Gasteiger partial charge in [-0.3, -0.25) is 0 Å². The molecule has 12 heavy (non-hydrogen) atoms. The van der Waals surface area contributed by atoms with Gasteiger partial charge in [0.15, 0.2) is 0 Å². The molecule has 0 heterocycles. The van der Waals surface area contributed by atoms with E-state index in [0.29, 0.717) is 0 Å². The molecular weight excluding hydrogens is 167 g/mol. The number of ether oxygens (including phenoxy) is 1. The third kappa shape index (κ3) is 6.02. The summed E-state index contributed by atoms with van der Waals surface area (Å²) in [5.74, 6) is 0. The van der Waals surface area contributed by atoms with Crippen molar-refractivity contribution in [3.05, 3.63) is 0 Å². The SMILES string of the molecule is C[CH2][Al]([CH2]C)[O]C(C)OC(C)C. The van der Waals surface area contributed by atoms with E-state index in [1.807, 2.05) is 20.8 Å². The summed E-state index contributed by atoms with van der Waals surface area (Å²) in [6.45, 7) is 10.5. The quantitative estimate of drug-likeness (QED) is 0.471. The highest BCUT2D eigenvalue weighted by atomic mass is 27.2. The lowest BCUT2D eigenvalue weighted by Gasteiger charge is -2.20. The lowest BCUT2D eigenvalue weighted by Crippen LogP contribution is -2.26. The second-order valence-corrected chi connectivity index (χ2v) is 6.48. The Labute approximate surface area is 81.0 Å². The molecule has 0 aliphatic carbocycles. The Morgan fingerprint density at radius 2 is 1.58 bits per heavy atom. The fourth-order valence-corrected chi connectivity index (χ4v) is 2.74. The molecule has 0 aliphatic rings. The molecule has 1 unspecified atom stereocenters. The summed E-state index contributed by atoms with van der Waals surface area (Å²) in [6, 6.07) is 0. The Kier molecular flexibility index (Phi) is 7.17. The van der Waals surface area contributed by atoms with Gasteiger partial charge >= 0.3 is 14.5 Å². The second kappa shape index (κ2) is 6.91. The minimum Gasteiger partial charge on any atom is -0.478 e. The molecule has 0 aromatic carbocycles. The normalized spacial score (nSPS) is 13.5. The summed E-state index contributed by atoms with van der Waals surface area (Å²) in [5, 5.41) is 2.39. The lowest BCUT2D eigenvalue weighted by molar-refractivity contribution is -0.0978. The van der Waals surface area contributed by atoms with Gasteiger partial charge in [0.1, 0.15) is 6.29 Å². The second-order valence-electron chi connectivity index (χ2n) is 3.33. The van der Waals surface area contributed by atoms with Crippen molar-refractivity contribution in [2.75, 3.05) is 0 Å². The highest BCUT2D eigenvalue weighted by Crippen LogP contribution is 2.06. The summed E-state index contributed by atoms with van der Waals surface area (Å²) < 4.78 is 11.3. The van der Waals surface area contributed by atoms with Gasteiger partial charge in [-0.05, 0) is 20.8 Å². The van der Waals surface area contributed by atoms with Crippen LogP contribution in [0, 0.1) is 0 Å². The Hall–Kier alpha value is 0.452. The maximum atomic E-state index is 5.78. The summed E-state index contributed by atoms with van der Waals surface area (Å²) >= 11 is -0.934. The van der Waals surface area contributed by atoms with Gasteiger partial charge in [0.25, 0.3) is 0 Å². The van der Waals surface area contributed by atoms with Gasteiger partial charge < -0.3 is 8.53 Å². The first-order valence-corrected chi connectivity index (χ1v) is 7.01. The van der Waals surface area contributed by atoms with Crippen LogP contribution in [0.2, 0.25) is 10.6 Å². The van der Waals surface area contributed by atoms with E-state index in [1.54, 1.807) is 0 Å². The van der Waals surface area contributed by atoms with Crippen LogP contribution in [0.15, 0.2) is 0 Å². The monoisotopic (exact) mass is 188 g/mol. The van der Waals surface area contributed by atoms with E-state index in [-0.39, 0.29) is 12.4 Å². The molecule has 0 N–H and O–H groups in total. The van der Waals surface area contributed by atoms with Crippen LogP contribution >= 0.6 is 0 Å². The van der Waals surface area contributed by atoms with Crippen molar-refractivity contribution < 1.29 is 8.53 Å². The first kappa shape index (κ1) is 12.5. The first-order valence-electron chi connectivity index (χ1n) is 4.91. The zero-order chi connectivity index (χ0) is 9.56. The zero-order valence-electron chi connectivity index (χ0n) is 8.96. The molecule has 1 atom stereocenters. The van der Waals surface area contributed by atoms with Crippen LogP contribution in [0.1, 0.15) is 34.6 Å². The van der Waals surface area contributed by atoms with Gasteiger partial charge in [0.2, 0.25) is 0 Å². The number of hydrogen-bond donors (Lipinski definition) is 0. The van der Waals surface area contributed by atoms with Crippen LogP contribution in [0.25, 0.3) is 0 Å². The Morgan fingerprint density at radius 1 is 1.08 bits per heavy atom. The Bertz CT molecular complexity index is 103. The molecule has 0 saturated heterocycles. The average molecular weight is 188 g/mol. The third-order valence-corrected chi connectivity index (χ3v) is 4.35. The van der Waals surface area contributed by atoms with Crippen molar-refractivity contribution in [2.45, 2.75) is 57.6 Å². The molecule has 0 radical (unpaired) electrons. The van der Waals surface area contributed by atoms with Crippen molar-refractivity contribution >= 4 is 14.5 Å². The van der Waals surface area contributed by atoms with Gasteiger partial charge in [0, 0.05) is 0 Å². The minimum absolute atomic E-state index is 0.0124. The van der Waals surface area contributed by atoms with E-state index in [1.165, 1.54) is 10.6 Å². The fraction of sp³-hybridized carbons (Fsp3) is 1.00. The largest absolute Gasteiger partial charge is 0.478 e. The molecular formula is C9H21AlO2. The van der Waals surface area contributed by atoms with Gasteiger partial charge in [-0.15, -0.1) is 0 Å². The molecule has 0 saturated carbocycles. The summed E-state index contributed by atoms with van der Waals surface area (Å²) in [4.78, 5) is 0. The fourth-order valence-electron chi connectivity index (χ4n) is 1.17. The zero-order valence-corrected chi connectivity index (χ0v) is 10.1. The number of hydrogen-bond acceptors (Lipinski definition) is 2. The number of rotatable bonds is 6. The van der Waals surface area contributed by atoms with Crippen molar-refractivity contribution in [3.8, 4) is 0 Å². The van der Waals surface area contributed by atoms with Crippen molar-refractivity contribution in [3.63, 3.8) is 0 Å². The summed E-state index contributed by atoms with van der Waals surface area (Å²) in [7, 11) is 0. The maximum absolute atomic E-state index is 5.78. The van der Waals surface area contributed by atoms with Crippen LogP contribution < -0.4 is 0 Å².